The van der Waals surface area contributed by atoms with E-state index < -0.39 is 24.0 Å². The third-order valence-electron chi connectivity index (χ3n) is 8.81. The van der Waals surface area contributed by atoms with Crippen molar-refractivity contribution in [2.24, 2.45) is 29.6 Å². The Morgan fingerprint density at radius 2 is 1.74 bits per heavy atom. The van der Waals surface area contributed by atoms with Crippen LogP contribution in [-0.4, -0.2) is 53.3 Å². The zero-order valence-corrected chi connectivity index (χ0v) is 22.4. The van der Waals surface area contributed by atoms with E-state index in [-0.39, 0.29) is 28.9 Å². The fraction of sp³-hybridized carbons (Fsp3) is 0.600. The maximum atomic E-state index is 13.2. The molecule has 2 bridgehead atoms. The van der Waals surface area contributed by atoms with E-state index >= 15 is 0 Å². The molecule has 8 heteroatoms. The van der Waals surface area contributed by atoms with Gasteiger partial charge >= 0.3 is 6.09 Å². The molecule has 38 heavy (non-hydrogen) atoms. The van der Waals surface area contributed by atoms with Gasteiger partial charge in [-0.1, -0.05) is 23.3 Å². The SMILES string of the molecule is CC(C)(C)NC(=O)OCC1C2CCC3=C(CCC21)C1C(=O)C(=O)C3CC1N[C@H](C=O)Cc1ccc(O)cc1. The first-order valence-corrected chi connectivity index (χ1v) is 13.8. The predicted octanol–water partition coefficient (Wildman–Crippen LogP) is 3.51. The average molecular weight is 523 g/mol. The number of benzene rings is 1. The number of carbonyl (C=O) groups excluding carboxylic acids is 4. The summed E-state index contributed by atoms with van der Waals surface area (Å²) >= 11 is 0. The normalized spacial score (nSPS) is 31.0. The van der Waals surface area contributed by atoms with Crippen LogP contribution in [0, 0.1) is 29.6 Å². The third kappa shape index (κ3) is 5.41. The summed E-state index contributed by atoms with van der Waals surface area (Å²) in [6.07, 6.45) is 4.89. The Labute approximate surface area is 223 Å². The number of hydrogen-bond donors (Lipinski definition) is 3. The Hall–Kier alpha value is -3.00. The molecule has 0 aromatic heterocycles. The lowest BCUT2D eigenvalue weighted by Gasteiger charge is -2.45. The number of hydrogen-bond acceptors (Lipinski definition) is 7. The summed E-state index contributed by atoms with van der Waals surface area (Å²) < 4.78 is 5.52. The standard InChI is InChI=1S/C30H38N2O6/c1-30(2,3)32-29(37)38-15-24-19-8-9-21-22(11-10-20(19)24)26-25(13-23(21)27(35)28(26)36)31-17(14-33)12-16-4-6-18(34)7-5-16/h4-7,14,17,19-20,23-26,31,34H,8-13,15H2,1-3H3,(H,32,37)/t17-,19?,20?,23?,24?,25?,26?/m0/s1. The molecule has 7 atom stereocenters. The van der Waals surface area contributed by atoms with E-state index in [1.54, 1.807) is 24.3 Å². The lowest BCUT2D eigenvalue weighted by Crippen LogP contribution is -2.58. The topological polar surface area (TPSA) is 122 Å². The molecule has 5 aliphatic rings. The van der Waals surface area contributed by atoms with Crippen molar-refractivity contribution in [3.8, 4) is 5.75 Å². The number of allylic oxidation sites excluding steroid dienone is 1. The number of phenolic OH excluding ortho intramolecular Hbond substituents is 1. The van der Waals surface area contributed by atoms with E-state index in [1.807, 2.05) is 20.8 Å². The highest BCUT2D eigenvalue weighted by Crippen LogP contribution is 2.57. The molecule has 5 aliphatic carbocycles. The first-order valence-electron chi connectivity index (χ1n) is 13.8. The number of nitrogens with one attached hydrogen (secondary N) is 2. The Balaban J connectivity index is 1.24. The lowest BCUT2D eigenvalue weighted by atomic mass is 9.60. The second kappa shape index (κ2) is 10.3. The highest BCUT2D eigenvalue weighted by Gasteiger charge is 2.55. The molecule has 8 nitrogen and oxygen atoms in total. The average Bonchev–Trinajstić information content (AvgIpc) is 3.51. The molecular formula is C30H38N2O6. The van der Waals surface area contributed by atoms with Gasteiger partial charge in [0.05, 0.1) is 18.6 Å². The van der Waals surface area contributed by atoms with Crippen LogP contribution in [0.4, 0.5) is 4.79 Å². The van der Waals surface area contributed by atoms with Crippen LogP contribution in [0.3, 0.4) is 0 Å². The Morgan fingerprint density at radius 1 is 1.08 bits per heavy atom. The smallest absolute Gasteiger partial charge is 0.407 e. The molecule has 6 rings (SSSR count). The van der Waals surface area contributed by atoms with Gasteiger partial charge in [-0.25, -0.2) is 4.79 Å². The van der Waals surface area contributed by atoms with E-state index in [1.165, 1.54) is 0 Å². The zero-order chi connectivity index (χ0) is 27.2. The number of rotatable bonds is 7. The van der Waals surface area contributed by atoms with Crippen LogP contribution in [0.25, 0.3) is 0 Å². The van der Waals surface area contributed by atoms with E-state index in [2.05, 4.69) is 10.6 Å². The predicted molar refractivity (Wildman–Crippen MR) is 140 cm³/mol. The van der Waals surface area contributed by atoms with Gasteiger partial charge in [-0.05, 0) is 94.7 Å². The summed E-state index contributed by atoms with van der Waals surface area (Å²) in [7, 11) is 0. The number of ether oxygens (including phenoxy) is 1. The highest BCUT2D eigenvalue weighted by atomic mass is 16.5. The maximum Gasteiger partial charge on any atom is 0.407 e. The summed E-state index contributed by atoms with van der Waals surface area (Å²) in [6.45, 7) is 6.15. The van der Waals surface area contributed by atoms with Gasteiger partial charge in [0.2, 0.25) is 11.6 Å². The Morgan fingerprint density at radius 3 is 2.37 bits per heavy atom. The first-order chi connectivity index (χ1) is 18.1. The van der Waals surface area contributed by atoms with Gasteiger partial charge in [-0.2, -0.15) is 0 Å². The number of aldehydes is 1. The number of amides is 1. The third-order valence-corrected chi connectivity index (χ3v) is 8.81. The van der Waals surface area contributed by atoms with Crippen LogP contribution in [0.5, 0.6) is 5.75 Å². The molecule has 0 saturated heterocycles. The Bertz CT molecular complexity index is 1150. The van der Waals surface area contributed by atoms with E-state index in [9.17, 15) is 24.3 Å². The number of aromatic hydroxyl groups is 1. The summed E-state index contributed by atoms with van der Waals surface area (Å²) in [6, 6.07) is 6.01. The minimum atomic E-state index is -0.507. The highest BCUT2D eigenvalue weighted by molar-refractivity contribution is 6.41. The molecule has 1 aromatic rings. The second-order valence-corrected chi connectivity index (χ2v) is 12.5. The molecule has 3 N–H and O–H groups in total. The molecule has 0 aliphatic heterocycles. The number of fused-ring (bicyclic) bond motifs is 3. The van der Waals surface area contributed by atoms with Crippen molar-refractivity contribution in [2.45, 2.75) is 76.9 Å². The van der Waals surface area contributed by atoms with Crippen LogP contribution in [0.2, 0.25) is 0 Å². The molecule has 2 saturated carbocycles. The Kier molecular flexibility index (Phi) is 7.20. The number of ketones is 2. The van der Waals surface area contributed by atoms with Crippen LogP contribution in [0.15, 0.2) is 35.4 Å². The van der Waals surface area contributed by atoms with Crippen molar-refractivity contribution < 1.29 is 29.0 Å². The van der Waals surface area contributed by atoms with Gasteiger partial charge < -0.3 is 25.3 Å². The maximum absolute atomic E-state index is 13.2. The summed E-state index contributed by atoms with van der Waals surface area (Å²) in [5.41, 5.74) is 2.81. The monoisotopic (exact) mass is 522 g/mol. The van der Waals surface area contributed by atoms with Crippen LogP contribution in [-0.2, 0) is 25.5 Å². The van der Waals surface area contributed by atoms with Crippen molar-refractivity contribution in [1.29, 1.82) is 0 Å². The fourth-order valence-corrected chi connectivity index (χ4v) is 7.04. The van der Waals surface area contributed by atoms with Crippen molar-refractivity contribution in [2.75, 3.05) is 6.61 Å². The van der Waals surface area contributed by atoms with Gasteiger partial charge in [0.1, 0.15) is 12.0 Å². The minimum Gasteiger partial charge on any atom is -0.508 e. The number of carbonyl (C=O) groups is 4. The first kappa shape index (κ1) is 26.6. The van der Waals surface area contributed by atoms with Crippen molar-refractivity contribution in [1.82, 2.24) is 10.6 Å². The van der Waals surface area contributed by atoms with Crippen molar-refractivity contribution in [3.05, 3.63) is 41.0 Å². The number of alkyl carbamates (subject to hydrolysis) is 1. The summed E-state index contributed by atoms with van der Waals surface area (Å²) in [5.74, 6) is -0.0711. The van der Waals surface area contributed by atoms with E-state index in [4.69, 9.17) is 4.74 Å². The van der Waals surface area contributed by atoms with Gasteiger partial charge in [-0.3, -0.25) is 9.59 Å². The molecule has 204 valence electrons. The zero-order valence-electron chi connectivity index (χ0n) is 22.4. The van der Waals surface area contributed by atoms with Gasteiger partial charge in [0.25, 0.3) is 0 Å². The van der Waals surface area contributed by atoms with Crippen molar-refractivity contribution >= 4 is 23.9 Å². The quantitative estimate of drug-likeness (QED) is 0.285. The largest absolute Gasteiger partial charge is 0.508 e. The molecule has 6 unspecified atom stereocenters. The van der Waals surface area contributed by atoms with Crippen LogP contribution >= 0.6 is 0 Å². The summed E-state index contributed by atoms with van der Waals surface area (Å²) in [5, 5.41) is 15.8. The van der Waals surface area contributed by atoms with Gasteiger partial charge in [0.15, 0.2) is 0 Å². The van der Waals surface area contributed by atoms with E-state index in [0.29, 0.717) is 37.2 Å². The molecule has 0 radical (unpaired) electrons. The molecule has 0 heterocycles. The fourth-order valence-electron chi connectivity index (χ4n) is 7.04. The van der Waals surface area contributed by atoms with Crippen molar-refractivity contribution in [3.63, 3.8) is 0 Å². The van der Waals surface area contributed by atoms with E-state index in [0.717, 1.165) is 48.7 Å². The van der Waals surface area contributed by atoms with Gasteiger partial charge in [0, 0.05) is 17.5 Å². The molecule has 0 spiro atoms. The number of Topliss-reactive ketones (excluding diaryl/α,β-unsaturated/α-hetero) is 2. The molecular weight excluding hydrogens is 484 g/mol. The molecule has 1 aromatic carbocycles. The lowest BCUT2D eigenvalue weighted by molar-refractivity contribution is -0.144. The summed E-state index contributed by atoms with van der Waals surface area (Å²) in [4.78, 5) is 50.2. The second-order valence-electron chi connectivity index (χ2n) is 12.5. The van der Waals surface area contributed by atoms with Gasteiger partial charge in [-0.15, -0.1) is 0 Å². The number of phenols is 1. The molecule has 1 amide bonds. The van der Waals surface area contributed by atoms with Crippen LogP contribution in [0.1, 0.15) is 58.4 Å². The van der Waals surface area contributed by atoms with Crippen LogP contribution < -0.4 is 10.6 Å². The molecule has 2 fully saturated rings. The minimum absolute atomic E-state index is 0.168.